The van der Waals surface area contributed by atoms with Crippen LogP contribution in [0.25, 0.3) is 0 Å². The number of rotatable bonds is 5. The van der Waals surface area contributed by atoms with Crippen molar-refractivity contribution in [2.75, 3.05) is 10.6 Å². The van der Waals surface area contributed by atoms with Gasteiger partial charge in [0, 0.05) is 23.5 Å². The zero-order valence-corrected chi connectivity index (χ0v) is 15.1. The van der Waals surface area contributed by atoms with Crippen LogP contribution < -0.4 is 10.6 Å². The Bertz CT molecular complexity index is 920. The number of carbonyl (C=O) groups is 2. The van der Waals surface area contributed by atoms with Gasteiger partial charge in [-0.05, 0) is 43.2 Å². The van der Waals surface area contributed by atoms with E-state index in [1.165, 1.54) is 23.7 Å². The highest BCUT2D eigenvalue weighted by Crippen LogP contribution is 2.18. The summed E-state index contributed by atoms with van der Waals surface area (Å²) < 4.78 is 0. The van der Waals surface area contributed by atoms with Crippen LogP contribution in [0, 0.1) is 13.8 Å². The van der Waals surface area contributed by atoms with Crippen LogP contribution in [-0.2, 0) is 11.2 Å². The zero-order valence-electron chi connectivity index (χ0n) is 14.3. The highest BCUT2D eigenvalue weighted by molar-refractivity contribution is 7.14. The molecule has 132 valence electrons. The van der Waals surface area contributed by atoms with Gasteiger partial charge in [0.1, 0.15) is 0 Å². The first-order chi connectivity index (χ1) is 12.5. The molecule has 0 aliphatic rings. The molecule has 0 bridgehead atoms. The minimum Gasteiger partial charge on any atom is -0.326 e. The van der Waals surface area contributed by atoms with Crippen LogP contribution in [0.4, 0.5) is 10.8 Å². The highest BCUT2D eigenvalue weighted by atomic mass is 32.1. The van der Waals surface area contributed by atoms with Gasteiger partial charge >= 0.3 is 0 Å². The minimum absolute atomic E-state index is 0.0665. The molecule has 0 saturated carbocycles. The molecular weight excluding hydrogens is 350 g/mol. The van der Waals surface area contributed by atoms with E-state index in [2.05, 4.69) is 25.6 Å². The summed E-state index contributed by atoms with van der Waals surface area (Å²) in [5.41, 5.74) is 3.52. The second-order valence-electron chi connectivity index (χ2n) is 5.77. The topological polar surface area (TPSA) is 96.9 Å². The van der Waals surface area contributed by atoms with E-state index in [0.29, 0.717) is 10.8 Å². The lowest BCUT2D eigenvalue weighted by Crippen LogP contribution is -2.16. The van der Waals surface area contributed by atoms with E-state index in [-0.39, 0.29) is 18.2 Å². The van der Waals surface area contributed by atoms with E-state index in [9.17, 15) is 9.59 Å². The van der Waals surface area contributed by atoms with Gasteiger partial charge in [-0.25, -0.2) is 15.0 Å². The van der Waals surface area contributed by atoms with E-state index in [4.69, 9.17) is 0 Å². The van der Waals surface area contributed by atoms with Crippen LogP contribution in [0.5, 0.6) is 0 Å². The van der Waals surface area contributed by atoms with Crippen LogP contribution in [-0.4, -0.2) is 26.8 Å². The van der Waals surface area contributed by atoms with Crippen molar-refractivity contribution in [3.63, 3.8) is 0 Å². The molecule has 2 amide bonds. The highest BCUT2D eigenvalue weighted by Gasteiger charge is 2.13. The van der Waals surface area contributed by atoms with Crippen molar-refractivity contribution in [2.24, 2.45) is 0 Å². The number of nitrogens with zero attached hydrogens (tertiary/aromatic N) is 3. The fourth-order valence-corrected chi connectivity index (χ4v) is 3.14. The number of nitrogens with one attached hydrogen (secondary N) is 2. The number of amides is 2. The Labute approximate surface area is 154 Å². The third kappa shape index (κ3) is 4.70. The van der Waals surface area contributed by atoms with Crippen LogP contribution in [0.1, 0.15) is 27.4 Å². The maximum atomic E-state index is 12.2. The van der Waals surface area contributed by atoms with Crippen molar-refractivity contribution >= 4 is 34.0 Å². The Balaban J connectivity index is 1.59. The normalized spacial score (nSPS) is 10.4. The lowest BCUT2D eigenvalue weighted by molar-refractivity contribution is -0.115. The monoisotopic (exact) mass is 367 g/mol. The van der Waals surface area contributed by atoms with Gasteiger partial charge in [0.2, 0.25) is 11.7 Å². The Hall–Kier alpha value is -3.13. The van der Waals surface area contributed by atoms with Gasteiger partial charge < -0.3 is 5.32 Å². The third-order valence-corrected chi connectivity index (χ3v) is 4.19. The molecule has 0 radical (unpaired) electrons. The molecule has 2 aromatic heterocycles. The summed E-state index contributed by atoms with van der Waals surface area (Å²) in [5.74, 6) is -0.535. The molecule has 3 rings (SSSR count). The molecule has 0 spiro atoms. The summed E-state index contributed by atoms with van der Waals surface area (Å²) >= 11 is 1.25. The molecule has 26 heavy (non-hydrogen) atoms. The molecule has 8 heteroatoms. The van der Waals surface area contributed by atoms with Crippen molar-refractivity contribution in [1.82, 2.24) is 15.0 Å². The first-order valence-electron chi connectivity index (χ1n) is 7.90. The Morgan fingerprint density at radius 1 is 1.04 bits per heavy atom. The number of anilines is 2. The number of hydrogen-bond donors (Lipinski definition) is 2. The van der Waals surface area contributed by atoms with Gasteiger partial charge in [0.25, 0.3) is 5.91 Å². The molecule has 0 unspecified atom stereocenters. The predicted molar refractivity (Wildman–Crippen MR) is 100 cm³/mol. The molecular formula is C18H17N5O2S. The standard InChI is InChI=1S/C18H17N5O2S/c1-11-6-12(2)8-13(7-11)21-15(24)9-14-10-26-18(22-14)23-17(25)16-19-4-3-5-20-16/h3-8,10H,9H2,1-2H3,(H,21,24)(H,22,23,25). The molecule has 1 aromatic carbocycles. The SMILES string of the molecule is Cc1cc(C)cc(NC(=O)Cc2csc(NC(=O)c3ncccn3)n2)c1. The smallest absolute Gasteiger partial charge is 0.295 e. The van der Waals surface area contributed by atoms with Crippen molar-refractivity contribution in [3.8, 4) is 0 Å². The molecule has 0 aliphatic carbocycles. The molecule has 0 atom stereocenters. The number of aryl methyl sites for hydroxylation is 2. The first-order valence-corrected chi connectivity index (χ1v) is 8.78. The zero-order chi connectivity index (χ0) is 18.5. The fraction of sp³-hybridized carbons (Fsp3) is 0.167. The maximum Gasteiger partial charge on any atom is 0.295 e. The Morgan fingerprint density at radius 2 is 1.73 bits per heavy atom. The summed E-state index contributed by atoms with van der Waals surface area (Å²) in [6, 6.07) is 7.50. The van der Waals surface area contributed by atoms with E-state index >= 15 is 0 Å². The third-order valence-electron chi connectivity index (χ3n) is 3.39. The van der Waals surface area contributed by atoms with Gasteiger partial charge in [-0.3, -0.25) is 14.9 Å². The molecule has 2 N–H and O–H groups in total. The van der Waals surface area contributed by atoms with Crippen molar-refractivity contribution < 1.29 is 9.59 Å². The first kappa shape index (κ1) is 17.7. The molecule has 7 nitrogen and oxygen atoms in total. The number of thiazole rings is 1. The molecule has 0 saturated heterocycles. The van der Waals surface area contributed by atoms with E-state index < -0.39 is 5.91 Å². The van der Waals surface area contributed by atoms with Crippen LogP contribution in [0.15, 0.2) is 42.0 Å². The molecule has 0 fully saturated rings. The van der Waals surface area contributed by atoms with Crippen LogP contribution in [0.3, 0.4) is 0 Å². The Morgan fingerprint density at radius 3 is 2.42 bits per heavy atom. The van der Waals surface area contributed by atoms with Crippen LogP contribution in [0.2, 0.25) is 0 Å². The van der Waals surface area contributed by atoms with Gasteiger partial charge in [-0.2, -0.15) is 0 Å². The van der Waals surface area contributed by atoms with Gasteiger partial charge in [0.05, 0.1) is 12.1 Å². The van der Waals surface area contributed by atoms with Crippen molar-refractivity contribution in [2.45, 2.75) is 20.3 Å². The Kier molecular flexibility index (Phi) is 5.33. The van der Waals surface area contributed by atoms with E-state index in [1.54, 1.807) is 11.4 Å². The molecule has 0 aliphatic heterocycles. The summed E-state index contributed by atoms with van der Waals surface area (Å²) in [6.07, 6.45) is 3.11. The number of carbonyl (C=O) groups excluding carboxylic acids is 2. The predicted octanol–water partition coefficient (Wildman–Crippen LogP) is 2.98. The number of hydrogen-bond acceptors (Lipinski definition) is 6. The maximum absolute atomic E-state index is 12.2. The lowest BCUT2D eigenvalue weighted by atomic mass is 10.1. The van der Waals surface area contributed by atoms with E-state index in [1.807, 2.05) is 32.0 Å². The van der Waals surface area contributed by atoms with Gasteiger partial charge in [-0.15, -0.1) is 11.3 Å². The number of aromatic nitrogens is 3. The second kappa shape index (κ2) is 7.83. The largest absolute Gasteiger partial charge is 0.326 e. The fourth-order valence-electron chi connectivity index (χ4n) is 2.43. The number of benzene rings is 1. The van der Waals surface area contributed by atoms with Crippen molar-refractivity contribution in [3.05, 3.63) is 64.7 Å². The van der Waals surface area contributed by atoms with Gasteiger partial charge in [-0.1, -0.05) is 6.07 Å². The molecule has 2 heterocycles. The second-order valence-corrected chi connectivity index (χ2v) is 6.63. The lowest BCUT2D eigenvalue weighted by Gasteiger charge is -2.06. The summed E-state index contributed by atoms with van der Waals surface area (Å²) in [4.78, 5) is 36.2. The average molecular weight is 367 g/mol. The van der Waals surface area contributed by atoms with E-state index in [0.717, 1.165) is 16.8 Å². The van der Waals surface area contributed by atoms with Gasteiger partial charge in [0.15, 0.2) is 5.13 Å². The molecule has 3 aromatic rings. The minimum atomic E-state index is -0.439. The summed E-state index contributed by atoms with van der Waals surface area (Å²) in [5, 5.41) is 7.63. The average Bonchev–Trinajstić information content (AvgIpc) is 3.01. The summed E-state index contributed by atoms with van der Waals surface area (Å²) in [6.45, 7) is 3.96. The van der Waals surface area contributed by atoms with Crippen molar-refractivity contribution in [1.29, 1.82) is 0 Å². The quantitative estimate of drug-likeness (QED) is 0.723. The van der Waals surface area contributed by atoms with Crippen LogP contribution >= 0.6 is 11.3 Å². The summed E-state index contributed by atoms with van der Waals surface area (Å²) in [7, 11) is 0.